The molecule has 4 heteroatoms. The Labute approximate surface area is 92.8 Å². The van der Waals surface area contributed by atoms with Crippen LogP contribution in [0.3, 0.4) is 0 Å². The van der Waals surface area contributed by atoms with Gasteiger partial charge >= 0.3 is 0 Å². The maximum absolute atomic E-state index is 6.12. The van der Waals surface area contributed by atoms with Gasteiger partial charge in [-0.2, -0.15) is 0 Å². The van der Waals surface area contributed by atoms with E-state index in [9.17, 15) is 0 Å². The highest BCUT2D eigenvalue weighted by molar-refractivity contribution is 6.33. The second-order valence-corrected chi connectivity index (χ2v) is 3.91. The molecule has 1 aromatic heterocycles. The van der Waals surface area contributed by atoms with Crippen LogP contribution in [0.15, 0.2) is 22.7 Å². The fourth-order valence-corrected chi connectivity index (χ4v) is 1.74. The highest BCUT2D eigenvalue weighted by Crippen LogP contribution is 2.32. The highest BCUT2D eigenvalue weighted by Gasteiger charge is 2.13. The number of hydrogen-bond donors (Lipinski definition) is 1. The second-order valence-electron chi connectivity index (χ2n) is 3.50. The smallest absolute Gasteiger partial charge is 0.225 e. The number of anilines is 1. The minimum absolute atomic E-state index is 0.335. The molecule has 0 amide bonds. The van der Waals surface area contributed by atoms with Crippen molar-refractivity contribution in [1.82, 2.24) is 5.16 Å². The molecule has 0 unspecified atom stereocenters. The minimum Gasteiger partial charge on any atom is -0.367 e. The summed E-state index contributed by atoms with van der Waals surface area (Å²) in [5, 5.41) is 4.55. The zero-order valence-corrected chi connectivity index (χ0v) is 9.30. The molecule has 0 saturated carbocycles. The topological polar surface area (TPSA) is 52.0 Å². The maximum Gasteiger partial charge on any atom is 0.225 e. The number of aromatic nitrogens is 1. The van der Waals surface area contributed by atoms with E-state index in [1.165, 1.54) is 0 Å². The van der Waals surface area contributed by atoms with E-state index in [-0.39, 0.29) is 0 Å². The molecule has 0 spiro atoms. The van der Waals surface area contributed by atoms with Gasteiger partial charge in [0.2, 0.25) is 5.88 Å². The molecule has 0 radical (unpaired) electrons. The zero-order chi connectivity index (χ0) is 11.0. The third-order valence-corrected chi connectivity index (χ3v) is 2.65. The molecule has 1 heterocycles. The second kappa shape index (κ2) is 3.59. The Morgan fingerprint density at radius 1 is 1.33 bits per heavy atom. The molecule has 0 saturated heterocycles. The summed E-state index contributed by atoms with van der Waals surface area (Å²) in [4.78, 5) is 0. The molecule has 0 aliphatic rings. The molecule has 78 valence electrons. The zero-order valence-electron chi connectivity index (χ0n) is 8.54. The molecule has 0 atom stereocenters. The highest BCUT2D eigenvalue weighted by atomic mass is 35.5. The first-order valence-electron chi connectivity index (χ1n) is 4.58. The molecule has 0 aliphatic heterocycles. The number of aryl methyl sites for hydroxylation is 1. The van der Waals surface area contributed by atoms with E-state index in [1.807, 2.05) is 32.0 Å². The van der Waals surface area contributed by atoms with E-state index in [0.29, 0.717) is 16.6 Å². The minimum atomic E-state index is 0.335. The van der Waals surface area contributed by atoms with Gasteiger partial charge in [0.25, 0.3) is 0 Å². The van der Waals surface area contributed by atoms with Gasteiger partial charge in [0.1, 0.15) is 5.69 Å². The fourth-order valence-electron chi connectivity index (χ4n) is 1.41. The summed E-state index contributed by atoms with van der Waals surface area (Å²) in [5.41, 5.74) is 9.07. The molecule has 1 aromatic carbocycles. The van der Waals surface area contributed by atoms with Crippen LogP contribution in [0, 0.1) is 13.8 Å². The fraction of sp³-hybridized carbons (Fsp3) is 0.182. The van der Waals surface area contributed by atoms with Gasteiger partial charge in [0, 0.05) is 11.1 Å². The summed E-state index contributed by atoms with van der Waals surface area (Å²) >= 11 is 6.12. The predicted octanol–water partition coefficient (Wildman–Crippen LogP) is 3.19. The van der Waals surface area contributed by atoms with Crippen LogP contribution in [-0.4, -0.2) is 5.16 Å². The summed E-state index contributed by atoms with van der Waals surface area (Å²) in [6, 6.07) is 5.79. The number of hydrogen-bond acceptors (Lipinski definition) is 3. The Balaban J connectivity index is 2.59. The number of halogens is 1. The Kier molecular flexibility index (Phi) is 2.40. The Bertz CT molecular complexity index is 505. The first-order chi connectivity index (χ1) is 7.09. The molecular weight excluding hydrogens is 212 g/mol. The van der Waals surface area contributed by atoms with Gasteiger partial charge in [0.15, 0.2) is 0 Å². The normalized spacial score (nSPS) is 10.6. The van der Waals surface area contributed by atoms with Crippen LogP contribution in [0.25, 0.3) is 11.3 Å². The van der Waals surface area contributed by atoms with Crippen molar-refractivity contribution in [3.05, 3.63) is 34.3 Å². The van der Waals surface area contributed by atoms with Crippen molar-refractivity contribution in [2.45, 2.75) is 13.8 Å². The lowest BCUT2D eigenvalue weighted by Gasteiger charge is -2.02. The van der Waals surface area contributed by atoms with Crippen molar-refractivity contribution in [3.63, 3.8) is 0 Å². The standard InChI is InChI=1S/C11H11ClN2O/c1-6-3-4-8(9(12)5-6)10-7(2)11(13)15-14-10/h3-5H,13H2,1-2H3. The predicted molar refractivity (Wildman–Crippen MR) is 60.8 cm³/mol. The Morgan fingerprint density at radius 2 is 2.07 bits per heavy atom. The first-order valence-corrected chi connectivity index (χ1v) is 4.95. The monoisotopic (exact) mass is 222 g/mol. The van der Waals surface area contributed by atoms with E-state index in [1.54, 1.807) is 0 Å². The SMILES string of the molecule is Cc1ccc(-c2noc(N)c2C)c(Cl)c1. The lowest BCUT2D eigenvalue weighted by atomic mass is 10.1. The lowest BCUT2D eigenvalue weighted by Crippen LogP contribution is -1.86. The van der Waals surface area contributed by atoms with Crippen LogP contribution in [0.2, 0.25) is 5.02 Å². The average molecular weight is 223 g/mol. The third-order valence-electron chi connectivity index (χ3n) is 2.34. The van der Waals surface area contributed by atoms with Gasteiger partial charge in [-0.05, 0) is 25.5 Å². The summed E-state index contributed by atoms with van der Waals surface area (Å²) in [7, 11) is 0. The Hall–Kier alpha value is -1.48. The van der Waals surface area contributed by atoms with Crippen LogP contribution in [0.1, 0.15) is 11.1 Å². The van der Waals surface area contributed by atoms with Crippen molar-refractivity contribution in [3.8, 4) is 11.3 Å². The van der Waals surface area contributed by atoms with Crippen LogP contribution in [0.5, 0.6) is 0 Å². The van der Waals surface area contributed by atoms with E-state index in [2.05, 4.69) is 5.16 Å². The molecule has 15 heavy (non-hydrogen) atoms. The first kappa shape index (κ1) is 10.1. The Morgan fingerprint density at radius 3 is 2.60 bits per heavy atom. The van der Waals surface area contributed by atoms with Gasteiger partial charge in [-0.1, -0.05) is 28.9 Å². The van der Waals surface area contributed by atoms with E-state index in [4.69, 9.17) is 21.9 Å². The van der Waals surface area contributed by atoms with Crippen molar-refractivity contribution in [2.24, 2.45) is 0 Å². The molecule has 2 aromatic rings. The molecule has 0 fully saturated rings. The molecule has 0 aliphatic carbocycles. The van der Waals surface area contributed by atoms with E-state index in [0.717, 1.165) is 16.7 Å². The largest absolute Gasteiger partial charge is 0.367 e. The van der Waals surface area contributed by atoms with Crippen LogP contribution in [-0.2, 0) is 0 Å². The number of nitrogens with zero attached hydrogens (tertiary/aromatic N) is 1. The summed E-state index contributed by atoms with van der Waals surface area (Å²) in [5.74, 6) is 0.335. The summed E-state index contributed by atoms with van der Waals surface area (Å²) < 4.78 is 4.90. The number of benzene rings is 1. The average Bonchev–Trinajstić information content (AvgIpc) is 2.49. The molecular formula is C11H11ClN2O. The van der Waals surface area contributed by atoms with Gasteiger partial charge in [-0.25, -0.2) is 0 Å². The van der Waals surface area contributed by atoms with Crippen molar-refractivity contribution < 1.29 is 4.52 Å². The summed E-state index contributed by atoms with van der Waals surface area (Å²) in [6.45, 7) is 3.84. The van der Waals surface area contributed by atoms with Crippen molar-refractivity contribution in [2.75, 3.05) is 5.73 Å². The summed E-state index contributed by atoms with van der Waals surface area (Å²) in [6.07, 6.45) is 0. The molecule has 3 nitrogen and oxygen atoms in total. The number of nitrogens with two attached hydrogens (primary N) is 1. The van der Waals surface area contributed by atoms with Gasteiger partial charge < -0.3 is 10.3 Å². The maximum atomic E-state index is 6.12. The van der Waals surface area contributed by atoms with Crippen LogP contribution < -0.4 is 5.73 Å². The van der Waals surface area contributed by atoms with Crippen molar-refractivity contribution in [1.29, 1.82) is 0 Å². The van der Waals surface area contributed by atoms with Crippen LogP contribution in [0.4, 0.5) is 5.88 Å². The number of rotatable bonds is 1. The molecule has 2 N–H and O–H groups in total. The number of nitrogen functional groups attached to an aromatic ring is 1. The quantitative estimate of drug-likeness (QED) is 0.806. The van der Waals surface area contributed by atoms with E-state index < -0.39 is 0 Å². The lowest BCUT2D eigenvalue weighted by molar-refractivity contribution is 0.439. The van der Waals surface area contributed by atoms with Gasteiger partial charge in [-0.15, -0.1) is 0 Å². The van der Waals surface area contributed by atoms with Gasteiger partial charge in [-0.3, -0.25) is 0 Å². The van der Waals surface area contributed by atoms with Crippen LogP contribution >= 0.6 is 11.6 Å². The van der Waals surface area contributed by atoms with Gasteiger partial charge in [0.05, 0.1) is 5.02 Å². The molecule has 2 rings (SSSR count). The molecule has 0 bridgehead atoms. The van der Waals surface area contributed by atoms with Crippen molar-refractivity contribution >= 4 is 17.5 Å². The van der Waals surface area contributed by atoms with E-state index >= 15 is 0 Å². The third kappa shape index (κ3) is 1.70.